The number of hydrogen-bond donors (Lipinski definition) is 12. The van der Waals surface area contributed by atoms with Crippen LogP contribution in [0.5, 0.6) is 0 Å². The zero-order valence-corrected chi connectivity index (χ0v) is 24.7. The quantitative estimate of drug-likeness (QED) is 0.0893. The summed E-state index contributed by atoms with van der Waals surface area (Å²) in [6, 6.07) is -2.92. The summed E-state index contributed by atoms with van der Waals surface area (Å²) in [6.45, 7) is -0.495. The van der Waals surface area contributed by atoms with Gasteiger partial charge in [-0.15, -0.1) is 0 Å². The van der Waals surface area contributed by atoms with Gasteiger partial charge >= 0.3 is 0 Å². The molecule has 17 heteroatoms. The highest BCUT2D eigenvalue weighted by Crippen LogP contribution is 2.39. The Bertz CT molecular complexity index is 932. The molecule has 2 saturated heterocycles. The minimum atomic E-state index is -1.60. The first kappa shape index (κ1) is 35.9. The Kier molecular flexibility index (Phi) is 12.5. The monoisotopic (exact) mass is 637 g/mol. The molecule has 17 nitrogen and oxygen atoms in total. The molecule has 2 saturated carbocycles. The molecule has 0 aromatic carbocycles. The molecule has 4 aliphatic rings. The van der Waals surface area contributed by atoms with Crippen LogP contribution in [0.15, 0.2) is 0 Å². The summed E-state index contributed by atoms with van der Waals surface area (Å²) in [7, 11) is 0. The van der Waals surface area contributed by atoms with Crippen LogP contribution in [0.1, 0.15) is 38.5 Å². The van der Waals surface area contributed by atoms with Crippen LogP contribution in [0, 0.1) is 5.92 Å². The number of carbonyl (C=O) groups is 1. The van der Waals surface area contributed by atoms with Gasteiger partial charge < -0.3 is 82.9 Å². The molecular formula is C27H51N5O12. The van der Waals surface area contributed by atoms with Crippen molar-refractivity contribution in [2.75, 3.05) is 26.3 Å². The number of hydrogen-bond acceptors (Lipinski definition) is 17. The Balaban J connectivity index is 1.49. The summed E-state index contributed by atoms with van der Waals surface area (Å²) in [6.07, 6.45) is -10.4. The number of ketones is 1. The lowest BCUT2D eigenvalue weighted by Gasteiger charge is -2.49. The third-order valence-corrected chi connectivity index (χ3v) is 9.28. The number of rotatable bonds is 13. The van der Waals surface area contributed by atoms with Gasteiger partial charge in [0.15, 0.2) is 18.4 Å². The Morgan fingerprint density at radius 3 is 2.25 bits per heavy atom. The van der Waals surface area contributed by atoms with Gasteiger partial charge in [-0.05, 0) is 38.0 Å². The minimum absolute atomic E-state index is 0.103. The fraction of sp³-hybridized carbons (Fsp3) is 0.963. The maximum atomic E-state index is 13.1. The second kappa shape index (κ2) is 15.3. The fourth-order valence-corrected chi connectivity index (χ4v) is 6.54. The van der Waals surface area contributed by atoms with Crippen LogP contribution in [0.25, 0.3) is 0 Å². The van der Waals surface area contributed by atoms with Gasteiger partial charge in [0.1, 0.15) is 36.1 Å². The van der Waals surface area contributed by atoms with Gasteiger partial charge in [-0.3, -0.25) is 4.79 Å². The van der Waals surface area contributed by atoms with E-state index in [1.807, 2.05) is 0 Å². The predicted octanol–water partition coefficient (Wildman–Crippen LogP) is -6.18. The van der Waals surface area contributed by atoms with Crippen molar-refractivity contribution in [3.05, 3.63) is 0 Å². The Morgan fingerprint density at radius 1 is 0.932 bits per heavy atom. The molecule has 0 aromatic rings. The molecule has 0 aromatic heterocycles. The van der Waals surface area contributed by atoms with E-state index in [2.05, 4.69) is 5.32 Å². The van der Waals surface area contributed by atoms with E-state index in [1.54, 1.807) is 0 Å². The second-order valence-corrected chi connectivity index (χ2v) is 12.8. The van der Waals surface area contributed by atoms with Gasteiger partial charge in [0.25, 0.3) is 0 Å². The van der Waals surface area contributed by atoms with Gasteiger partial charge in [-0.25, -0.2) is 0 Å². The summed E-state index contributed by atoms with van der Waals surface area (Å²) < 4.78 is 23.9. The molecule has 0 radical (unpaired) electrons. The molecule has 2 unspecified atom stereocenters. The van der Waals surface area contributed by atoms with Crippen molar-refractivity contribution < 1.29 is 59.5 Å². The van der Waals surface area contributed by atoms with Gasteiger partial charge in [-0.1, -0.05) is 0 Å². The average molecular weight is 638 g/mol. The Hall–Kier alpha value is -0.970. The van der Waals surface area contributed by atoms with Crippen molar-refractivity contribution in [3.63, 3.8) is 0 Å². The van der Waals surface area contributed by atoms with Crippen LogP contribution in [0.4, 0.5) is 0 Å². The highest BCUT2D eigenvalue weighted by Gasteiger charge is 2.53. The van der Waals surface area contributed by atoms with E-state index in [9.17, 15) is 35.4 Å². The molecular weight excluding hydrogens is 586 g/mol. The van der Waals surface area contributed by atoms with E-state index < -0.39 is 97.3 Å². The van der Waals surface area contributed by atoms with Crippen molar-refractivity contribution in [2.45, 2.75) is 130 Å². The maximum Gasteiger partial charge on any atom is 0.186 e. The number of aliphatic hydroxyl groups is 7. The summed E-state index contributed by atoms with van der Waals surface area (Å²) in [5.41, 5.74) is 22.9. The van der Waals surface area contributed by atoms with E-state index in [0.717, 1.165) is 0 Å². The molecule has 2 aliphatic carbocycles. The molecule has 0 bridgehead atoms. The fourth-order valence-electron chi connectivity index (χ4n) is 6.54. The maximum absolute atomic E-state index is 13.1. The zero-order chi connectivity index (χ0) is 32.3. The normalized spacial score (nSPS) is 47.2. The minimum Gasteiger partial charge on any atom is -0.394 e. The van der Waals surface area contributed by atoms with Crippen molar-refractivity contribution in [2.24, 2.45) is 28.9 Å². The van der Waals surface area contributed by atoms with Crippen LogP contribution >= 0.6 is 0 Å². The van der Waals surface area contributed by atoms with Crippen molar-refractivity contribution in [1.29, 1.82) is 0 Å². The summed E-state index contributed by atoms with van der Waals surface area (Å²) >= 11 is 0. The van der Waals surface area contributed by atoms with E-state index in [1.165, 1.54) is 0 Å². The van der Waals surface area contributed by atoms with Crippen LogP contribution in [-0.2, 0) is 23.7 Å². The lowest BCUT2D eigenvalue weighted by atomic mass is 9.69. The summed E-state index contributed by atoms with van der Waals surface area (Å²) in [5, 5.41) is 74.6. The van der Waals surface area contributed by atoms with Crippen molar-refractivity contribution in [3.8, 4) is 0 Å². The standard InChI is InChI=1S/C27H51N5O12/c28-12-5-27(40,6-12)18(36)4-11-3-16(30)24(44-25-15(29)2-1-14(41-25)8-32-7-13(35)9-33)22(39)23(11)43-26-21(38)19(31)20(37)17(10-34)42-26/h11-17,19-26,32-35,37-40H,1-10,28-31H2/t11-,12?,13?,14-,15+,16-,17+,19-,20+,21+,22+,23-,24?,25+,26+,27?/m0/s1. The van der Waals surface area contributed by atoms with Crippen LogP contribution in [-0.4, -0.2) is 159 Å². The zero-order valence-electron chi connectivity index (χ0n) is 24.7. The molecule has 0 spiro atoms. The molecule has 16 N–H and O–H groups in total. The van der Waals surface area contributed by atoms with E-state index in [-0.39, 0.29) is 51.0 Å². The third-order valence-electron chi connectivity index (χ3n) is 9.28. The highest BCUT2D eigenvalue weighted by atomic mass is 16.7. The van der Waals surface area contributed by atoms with Crippen molar-refractivity contribution in [1.82, 2.24) is 5.32 Å². The topological polar surface area (TPSA) is 312 Å². The van der Waals surface area contributed by atoms with Gasteiger partial charge in [-0.2, -0.15) is 0 Å². The average Bonchev–Trinajstić information content (AvgIpc) is 2.97. The van der Waals surface area contributed by atoms with E-state index >= 15 is 0 Å². The Morgan fingerprint density at radius 2 is 1.61 bits per heavy atom. The van der Waals surface area contributed by atoms with Crippen LogP contribution in [0.3, 0.4) is 0 Å². The summed E-state index contributed by atoms with van der Waals surface area (Å²) in [5.74, 6) is -1.24. The first-order valence-electron chi connectivity index (χ1n) is 15.3. The first-order chi connectivity index (χ1) is 20.8. The molecule has 0 amide bonds. The van der Waals surface area contributed by atoms with Crippen LogP contribution < -0.4 is 28.3 Å². The molecule has 2 heterocycles. The van der Waals surface area contributed by atoms with Crippen molar-refractivity contribution >= 4 is 5.78 Å². The van der Waals surface area contributed by atoms with Gasteiger partial charge in [0.05, 0.1) is 43.6 Å². The lowest BCUT2D eigenvalue weighted by molar-refractivity contribution is -0.318. The number of Topliss-reactive ketones (excluding diaryl/α,β-unsaturated/α-hetero) is 1. The molecule has 14 atom stereocenters. The highest BCUT2D eigenvalue weighted by molar-refractivity contribution is 5.88. The predicted molar refractivity (Wildman–Crippen MR) is 151 cm³/mol. The molecule has 4 fully saturated rings. The molecule has 256 valence electrons. The first-order valence-corrected chi connectivity index (χ1v) is 15.3. The third kappa shape index (κ3) is 8.11. The Labute approximate surface area is 255 Å². The number of carbonyl (C=O) groups excluding carboxylic acids is 1. The number of nitrogens with two attached hydrogens (primary N) is 4. The molecule has 2 aliphatic heterocycles. The van der Waals surface area contributed by atoms with E-state index in [4.69, 9.17) is 47.0 Å². The molecule has 44 heavy (non-hydrogen) atoms. The number of ether oxygens (including phenoxy) is 4. The SMILES string of the molecule is NC1CC(O)(C(=O)C[C@@H]2C[C@H](N)C(O[C@H]3O[C@H](CNCC(O)CO)CC[C@H]3N)[C@H](O)[C@H]2O[C@H]2O[C@H](CO)[C@@H](O)[C@H](N)[C@H]2O)C1. The lowest BCUT2D eigenvalue weighted by Crippen LogP contribution is -2.66. The van der Waals surface area contributed by atoms with Crippen LogP contribution in [0.2, 0.25) is 0 Å². The number of aliphatic hydroxyl groups excluding tert-OH is 6. The van der Waals surface area contributed by atoms with E-state index in [0.29, 0.717) is 19.4 Å². The smallest absolute Gasteiger partial charge is 0.186 e. The number of nitrogens with one attached hydrogen (secondary N) is 1. The largest absolute Gasteiger partial charge is 0.394 e. The summed E-state index contributed by atoms with van der Waals surface area (Å²) in [4.78, 5) is 13.1. The molecule has 4 rings (SSSR count). The van der Waals surface area contributed by atoms with Gasteiger partial charge in [0, 0.05) is 31.6 Å². The van der Waals surface area contributed by atoms with Gasteiger partial charge in [0.2, 0.25) is 0 Å². The second-order valence-electron chi connectivity index (χ2n) is 12.8.